The summed E-state index contributed by atoms with van der Waals surface area (Å²) >= 11 is 0. The number of methoxy groups -OCH3 is 3. The van der Waals surface area contributed by atoms with E-state index >= 15 is 0 Å². The van der Waals surface area contributed by atoms with Gasteiger partial charge in [0.25, 0.3) is 0 Å². The van der Waals surface area contributed by atoms with E-state index in [1.807, 2.05) is 45.1 Å². The molecule has 1 aliphatic carbocycles. The minimum atomic E-state index is -0.361. The first kappa shape index (κ1) is 31.3. The number of hydrogen-bond acceptors (Lipinski definition) is 6. The average Bonchev–Trinajstić information content (AvgIpc) is 2.90. The van der Waals surface area contributed by atoms with Gasteiger partial charge in [-0.2, -0.15) is 4.89 Å². The summed E-state index contributed by atoms with van der Waals surface area (Å²) in [5, 5.41) is 0. The van der Waals surface area contributed by atoms with Crippen LogP contribution in [-0.2, 0) is 28.8 Å². The molecule has 0 fully saturated rings. The lowest BCUT2D eigenvalue weighted by molar-refractivity contribution is -0.224. The lowest BCUT2D eigenvalue weighted by atomic mass is 9.82. The molecule has 0 saturated heterocycles. The van der Waals surface area contributed by atoms with Crippen molar-refractivity contribution in [2.24, 2.45) is 16.2 Å². The van der Waals surface area contributed by atoms with Gasteiger partial charge in [-0.3, -0.25) is 4.79 Å². The Kier molecular flexibility index (Phi) is 10.9. The van der Waals surface area contributed by atoms with Gasteiger partial charge in [-0.15, -0.1) is 0 Å². The first-order valence-corrected chi connectivity index (χ1v) is 12.2. The van der Waals surface area contributed by atoms with Gasteiger partial charge in [0.15, 0.2) is 5.78 Å². The first-order chi connectivity index (χ1) is 16.5. The maximum Gasteiger partial charge on any atom is 0.163 e. The molecule has 0 spiro atoms. The van der Waals surface area contributed by atoms with E-state index in [0.717, 1.165) is 16.7 Å². The second-order valence-electron chi connectivity index (χ2n) is 11.9. The van der Waals surface area contributed by atoms with E-state index in [1.165, 1.54) is 7.11 Å². The van der Waals surface area contributed by atoms with Crippen molar-refractivity contribution in [2.75, 3.05) is 28.4 Å². The highest BCUT2D eigenvalue weighted by Gasteiger charge is 2.30. The molecule has 1 rings (SSSR count). The number of ether oxygens (including phenoxy) is 3. The highest BCUT2D eigenvalue weighted by atomic mass is 17.2. The van der Waals surface area contributed by atoms with Crippen LogP contribution in [0.15, 0.2) is 70.1 Å². The Morgan fingerprint density at radius 2 is 1.53 bits per heavy atom. The van der Waals surface area contributed by atoms with Gasteiger partial charge in [0.1, 0.15) is 23.5 Å². The fourth-order valence-corrected chi connectivity index (χ4v) is 3.75. The van der Waals surface area contributed by atoms with Crippen LogP contribution in [0.1, 0.15) is 68.7 Å². The molecule has 202 valence electrons. The fourth-order valence-electron chi connectivity index (χ4n) is 3.75. The predicted octanol–water partition coefficient (Wildman–Crippen LogP) is 7.37. The molecular formula is C30H46O6. The smallest absolute Gasteiger partial charge is 0.163 e. The normalized spacial score (nSPS) is 18.2. The van der Waals surface area contributed by atoms with Gasteiger partial charge in [-0.1, -0.05) is 62.3 Å². The van der Waals surface area contributed by atoms with Gasteiger partial charge in [-0.05, 0) is 40.5 Å². The number of ketones is 1. The zero-order chi connectivity index (χ0) is 27.9. The third-order valence-electron chi connectivity index (χ3n) is 5.50. The molecule has 0 atom stereocenters. The number of carbonyl (C=O) groups is 1. The van der Waals surface area contributed by atoms with E-state index in [0.29, 0.717) is 22.9 Å². The molecule has 36 heavy (non-hydrogen) atoms. The lowest BCUT2D eigenvalue weighted by Gasteiger charge is -2.27. The van der Waals surface area contributed by atoms with Crippen molar-refractivity contribution >= 4 is 5.78 Å². The van der Waals surface area contributed by atoms with Crippen LogP contribution in [0.5, 0.6) is 0 Å². The third kappa shape index (κ3) is 8.74. The number of rotatable bonds is 8. The largest absolute Gasteiger partial charge is 0.496 e. The summed E-state index contributed by atoms with van der Waals surface area (Å²) < 4.78 is 17.7. The predicted molar refractivity (Wildman–Crippen MR) is 145 cm³/mol. The third-order valence-corrected chi connectivity index (χ3v) is 5.50. The van der Waals surface area contributed by atoms with Crippen molar-refractivity contribution in [1.82, 2.24) is 0 Å². The molecule has 0 bridgehead atoms. The monoisotopic (exact) mass is 502 g/mol. The minimum absolute atomic E-state index is 0.0684. The highest BCUT2D eigenvalue weighted by molar-refractivity contribution is 5.98. The molecule has 0 aromatic carbocycles. The second kappa shape index (κ2) is 12.5. The lowest BCUT2D eigenvalue weighted by Crippen LogP contribution is -2.17. The van der Waals surface area contributed by atoms with Gasteiger partial charge >= 0.3 is 0 Å². The van der Waals surface area contributed by atoms with Crippen molar-refractivity contribution in [2.45, 2.75) is 68.7 Å². The number of allylic oxidation sites excluding steroid dienone is 6. The number of hydrogen-bond donors (Lipinski definition) is 0. The standard InChI is InChI=1S/C30H46O6/c1-28(2,3)18-26(33-11)21(27(34-12)23(19-36-35-13)30(7,8)9)16-20-17-22(29(4,5)6)24(31)14-15-25(20)32-10/h15-19H,14H2,1-13H3/b20-16-,23-19+,26-18-,27-21-. The van der Waals surface area contributed by atoms with E-state index in [2.05, 4.69) is 41.5 Å². The molecule has 0 N–H and O–H groups in total. The van der Waals surface area contributed by atoms with Crippen LogP contribution in [0.3, 0.4) is 0 Å². The van der Waals surface area contributed by atoms with E-state index in [-0.39, 0.29) is 28.4 Å². The second-order valence-corrected chi connectivity index (χ2v) is 11.9. The zero-order valence-corrected chi connectivity index (χ0v) is 24.5. The Morgan fingerprint density at radius 1 is 0.917 bits per heavy atom. The summed E-state index contributed by atoms with van der Waals surface area (Å²) in [6.45, 7) is 18.6. The molecular weight excluding hydrogens is 456 g/mol. The Hall–Kier alpha value is -2.73. The van der Waals surface area contributed by atoms with Crippen LogP contribution >= 0.6 is 0 Å². The van der Waals surface area contributed by atoms with Gasteiger partial charge in [0, 0.05) is 23.1 Å². The first-order valence-electron chi connectivity index (χ1n) is 12.2. The molecule has 0 saturated carbocycles. The fraction of sp³-hybridized carbons (Fsp3) is 0.567. The van der Waals surface area contributed by atoms with E-state index in [9.17, 15) is 4.79 Å². The zero-order valence-electron chi connectivity index (χ0n) is 24.5. The summed E-state index contributed by atoms with van der Waals surface area (Å²) in [7, 11) is 6.31. The van der Waals surface area contributed by atoms with Gasteiger partial charge in [0.2, 0.25) is 0 Å². The molecule has 1 aliphatic rings. The van der Waals surface area contributed by atoms with E-state index in [1.54, 1.807) is 27.6 Å². The molecule has 0 aromatic heterocycles. The Morgan fingerprint density at radius 3 is 1.94 bits per heavy atom. The van der Waals surface area contributed by atoms with Gasteiger partial charge in [-0.25, -0.2) is 0 Å². The molecule has 6 nitrogen and oxygen atoms in total. The molecule has 6 heteroatoms. The van der Waals surface area contributed by atoms with E-state index in [4.69, 9.17) is 24.0 Å². The Bertz CT molecular complexity index is 980. The van der Waals surface area contributed by atoms with Crippen molar-refractivity contribution in [1.29, 1.82) is 0 Å². The van der Waals surface area contributed by atoms with E-state index < -0.39 is 0 Å². The summed E-state index contributed by atoms with van der Waals surface area (Å²) in [4.78, 5) is 23.1. The molecule has 0 aromatic rings. The molecule has 0 amide bonds. The van der Waals surface area contributed by atoms with Crippen molar-refractivity contribution in [3.05, 3.63) is 70.1 Å². The van der Waals surface area contributed by atoms with Crippen LogP contribution in [0, 0.1) is 16.2 Å². The van der Waals surface area contributed by atoms with Crippen molar-refractivity contribution in [3.63, 3.8) is 0 Å². The summed E-state index contributed by atoms with van der Waals surface area (Å²) in [6.07, 6.45) is 9.54. The Labute approximate surface area is 218 Å². The SMILES string of the molecule is COO\C=C(/C(OC)=C(\C=C1\C=C(C(C)(C)C)C(=O)CC=C1OC)C(=C/C(C)(C)C)/OC)C(C)(C)C. The molecule has 0 unspecified atom stereocenters. The summed E-state index contributed by atoms with van der Waals surface area (Å²) in [5.41, 5.74) is 2.04. The maximum absolute atomic E-state index is 13.0. The van der Waals surface area contributed by atoms with Crippen LogP contribution in [0.25, 0.3) is 0 Å². The van der Waals surface area contributed by atoms with Gasteiger partial charge in [0.05, 0.1) is 34.0 Å². The topological polar surface area (TPSA) is 63.2 Å². The van der Waals surface area contributed by atoms with Crippen LogP contribution in [0.4, 0.5) is 0 Å². The van der Waals surface area contributed by atoms with Crippen LogP contribution in [-0.4, -0.2) is 34.2 Å². The van der Waals surface area contributed by atoms with Crippen LogP contribution in [0.2, 0.25) is 0 Å². The maximum atomic E-state index is 13.0. The highest BCUT2D eigenvalue weighted by Crippen LogP contribution is 2.39. The Balaban J connectivity index is 4.25. The summed E-state index contributed by atoms with van der Waals surface area (Å²) in [6, 6.07) is 0. The quantitative estimate of drug-likeness (QED) is 0.149. The number of Topliss-reactive ketones (excluding diaryl/α,β-unsaturated/α-hetero) is 1. The molecule has 0 aliphatic heterocycles. The summed E-state index contributed by atoms with van der Waals surface area (Å²) in [5.74, 6) is 1.85. The van der Waals surface area contributed by atoms with Crippen molar-refractivity contribution < 1.29 is 28.8 Å². The van der Waals surface area contributed by atoms with Crippen LogP contribution < -0.4 is 0 Å². The van der Waals surface area contributed by atoms with Crippen molar-refractivity contribution in [3.8, 4) is 0 Å². The number of carbonyl (C=O) groups excluding carboxylic acids is 1. The molecule has 0 radical (unpaired) electrons. The minimum Gasteiger partial charge on any atom is -0.496 e. The molecule has 0 heterocycles. The average molecular weight is 503 g/mol. The van der Waals surface area contributed by atoms with Gasteiger partial charge < -0.3 is 19.1 Å².